The molecule has 1 saturated heterocycles. The first-order chi connectivity index (χ1) is 9.13. The van der Waals surface area contributed by atoms with Gasteiger partial charge in [0.05, 0.1) is 6.61 Å². The Balaban J connectivity index is 1.83. The topological polar surface area (TPSA) is 71.2 Å². The first-order valence-electron chi connectivity index (χ1n) is 5.89. The lowest BCUT2D eigenvalue weighted by Gasteiger charge is -2.06. The zero-order valence-corrected chi connectivity index (χ0v) is 9.90. The summed E-state index contributed by atoms with van der Waals surface area (Å²) in [5.41, 5.74) is 0.833. The van der Waals surface area contributed by atoms with Crippen molar-refractivity contribution in [2.24, 2.45) is 0 Å². The molecule has 2 heterocycles. The summed E-state index contributed by atoms with van der Waals surface area (Å²) >= 11 is 0. The van der Waals surface area contributed by atoms with E-state index in [0.717, 1.165) is 5.39 Å². The number of aromatic amines is 1. The number of aromatic nitrogens is 1. The fourth-order valence-electron chi connectivity index (χ4n) is 2.08. The smallest absolute Gasteiger partial charge is 0.328 e. The summed E-state index contributed by atoms with van der Waals surface area (Å²) in [6.45, 7) is 0.321. The van der Waals surface area contributed by atoms with E-state index < -0.39 is 17.9 Å². The van der Waals surface area contributed by atoms with Crippen molar-refractivity contribution in [3.63, 3.8) is 0 Å². The van der Waals surface area contributed by atoms with Gasteiger partial charge in [-0.1, -0.05) is 0 Å². The molecule has 1 unspecified atom stereocenters. The van der Waals surface area contributed by atoms with E-state index in [-0.39, 0.29) is 5.82 Å². The van der Waals surface area contributed by atoms with Crippen LogP contribution in [0.25, 0.3) is 10.9 Å². The molecule has 1 fully saturated rings. The van der Waals surface area contributed by atoms with Crippen LogP contribution in [0.4, 0.5) is 4.39 Å². The Hall–Kier alpha value is -2.37. The largest absolute Gasteiger partial charge is 0.464 e. The number of fused-ring (bicyclic) bond motifs is 1. The van der Waals surface area contributed by atoms with E-state index in [1.54, 1.807) is 12.1 Å². The molecule has 1 aromatic carbocycles. The second-order valence-corrected chi connectivity index (χ2v) is 4.40. The van der Waals surface area contributed by atoms with E-state index in [4.69, 9.17) is 4.74 Å². The third-order valence-corrected chi connectivity index (χ3v) is 3.07. The van der Waals surface area contributed by atoms with E-state index in [9.17, 15) is 14.0 Å². The van der Waals surface area contributed by atoms with Crippen LogP contribution in [0.2, 0.25) is 0 Å². The number of hydrogen-bond acceptors (Lipinski definition) is 3. The van der Waals surface area contributed by atoms with E-state index >= 15 is 0 Å². The molecular weight excluding hydrogens is 251 g/mol. The molecule has 1 amide bonds. The summed E-state index contributed by atoms with van der Waals surface area (Å²) in [6, 6.07) is 5.24. The fourth-order valence-corrected chi connectivity index (χ4v) is 2.08. The van der Waals surface area contributed by atoms with Crippen molar-refractivity contribution in [2.75, 3.05) is 6.61 Å². The minimum atomic E-state index is -0.601. The Kier molecular flexibility index (Phi) is 2.70. The van der Waals surface area contributed by atoms with E-state index in [0.29, 0.717) is 24.2 Å². The molecule has 3 rings (SSSR count). The highest BCUT2D eigenvalue weighted by atomic mass is 19.1. The van der Waals surface area contributed by atoms with Crippen molar-refractivity contribution in [3.8, 4) is 0 Å². The Morgan fingerprint density at radius 3 is 3.00 bits per heavy atom. The number of halogens is 1. The number of cyclic esters (lactones) is 1. The summed E-state index contributed by atoms with van der Waals surface area (Å²) in [4.78, 5) is 26.0. The van der Waals surface area contributed by atoms with Gasteiger partial charge in [0, 0.05) is 17.3 Å². The maximum Gasteiger partial charge on any atom is 0.328 e. The van der Waals surface area contributed by atoms with Crippen molar-refractivity contribution in [1.29, 1.82) is 0 Å². The predicted octanol–water partition coefficient (Wildman–Crippen LogP) is 1.35. The molecule has 6 heteroatoms. The fraction of sp³-hybridized carbons (Fsp3) is 0.231. The van der Waals surface area contributed by atoms with Gasteiger partial charge in [0.2, 0.25) is 0 Å². The second kappa shape index (κ2) is 4.38. The summed E-state index contributed by atoms with van der Waals surface area (Å²) in [6.07, 6.45) is 0.472. The van der Waals surface area contributed by atoms with Crippen molar-refractivity contribution < 1.29 is 18.7 Å². The molecule has 0 aliphatic carbocycles. The summed E-state index contributed by atoms with van der Waals surface area (Å²) in [5.74, 6) is -1.20. The van der Waals surface area contributed by atoms with Gasteiger partial charge in [0.25, 0.3) is 5.91 Å². The monoisotopic (exact) mass is 262 g/mol. The molecule has 1 aliphatic rings. The van der Waals surface area contributed by atoms with Crippen LogP contribution in [0, 0.1) is 5.82 Å². The van der Waals surface area contributed by atoms with Gasteiger partial charge in [-0.25, -0.2) is 9.18 Å². The molecule has 0 radical (unpaired) electrons. The molecule has 1 aromatic heterocycles. The van der Waals surface area contributed by atoms with Crippen LogP contribution in [0.3, 0.4) is 0 Å². The number of amides is 1. The third kappa shape index (κ3) is 2.16. The third-order valence-electron chi connectivity index (χ3n) is 3.07. The van der Waals surface area contributed by atoms with Gasteiger partial charge in [0.1, 0.15) is 17.6 Å². The number of ether oxygens (including phenoxy) is 1. The highest BCUT2D eigenvalue weighted by Crippen LogP contribution is 2.17. The number of rotatable bonds is 2. The Morgan fingerprint density at radius 1 is 1.42 bits per heavy atom. The van der Waals surface area contributed by atoms with Crippen molar-refractivity contribution in [2.45, 2.75) is 12.5 Å². The highest BCUT2D eigenvalue weighted by Gasteiger charge is 2.28. The Labute approximate surface area is 107 Å². The van der Waals surface area contributed by atoms with E-state index in [1.807, 2.05) is 0 Å². The van der Waals surface area contributed by atoms with Gasteiger partial charge in [-0.3, -0.25) is 4.79 Å². The van der Waals surface area contributed by atoms with Gasteiger partial charge in [0.15, 0.2) is 0 Å². The van der Waals surface area contributed by atoms with Crippen LogP contribution < -0.4 is 5.32 Å². The molecule has 0 saturated carbocycles. The lowest BCUT2D eigenvalue weighted by molar-refractivity contribution is -0.139. The van der Waals surface area contributed by atoms with E-state index in [2.05, 4.69) is 10.3 Å². The van der Waals surface area contributed by atoms with Gasteiger partial charge < -0.3 is 15.0 Å². The molecule has 98 valence electrons. The molecule has 5 nitrogen and oxygen atoms in total. The average molecular weight is 262 g/mol. The summed E-state index contributed by atoms with van der Waals surface area (Å²) in [5, 5.41) is 3.32. The van der Waals surface area contributed by atoms with Crippen molar-refractivity contribution >= 4 is 22.8 Å². The number of carbonyl (C=O) groups excluding carboxylic acids is 2. The van der Waals surface area contributed by atoms with Gasteiger partial charge in [-0.2, -0.15) is 0 Å². The maximum atomic E-state index is 13.0. The zero-order valence-electron chi connectivity index (χ0n) is 9.90. The van der Waals surface area contributed by atoms with Crippen LogP contribution in [-0.4, -0.2) is 29.5 Å². The first kappa shape index (κ1) is 11.7. The van der Waals surface area contributed by atoms with Crippen LogP contribution >= 0.6 is 0 Å². The molecule has 2 aromatic rings. The van der Waals surface area contributed by atoms with E-state index in [1.165, 1.54) is 12.1 Å². The number of nitrogens with one attached hydrogen (secondary N) is 2. The number of hydrogen-bond donors (Lipinski definition) is 2. The Morgan fingerprint density at radius 2 is 2.26 bits per heavy atom. The van der Waals surface area contributed by atoms with Gasteiger partial charge in [-0.15, -0.1) is 0 Å². The number of benzene rings is 1. The minimum Gasteiger partial charge on any atom is -0.464 e. The zero-order chi connectivity index (χ0) is 13.4. The SMILES string of the molecule is O=C(NC1CCOC1=O)c1cc2ccc(F)cc2[nH]1. The predicted molar refractivity (Wildman–Crippen MR) is 65.1 cm³/mol. The van der Waals surface area contributed by atoms with Crippen molar-refractivity contribution in [1.82, 2.24) is 10.3 Å². The molecule has 1 atom stereocenters. The number of carbonyl (C=O) groups is 2. The molecule has 19 heavy (non-hydrogen) atoms. The normalized spacial score (nSPS) is 18.6. The lowest BCUT2D eigenvalue weighted by atomic mass is 10.2. The van der Waals surface area contributed by atoms with Crippen LogP contribution in [-0.2, 0) is 9.53 Å². The van der Waals surface area contributed by atoms with Crippen molar-refractivity contribution in [3.05, 3.63) is 35.8 Å². The molecule has 0 spiro atoms. The average Bonchev–Trinajstić information content (AvgIpc) is 2.96. The minimum absolute atomic E-state index is 0.292. The molecule has 2 N–H and O–H groups in total. The standard InChI is InChI=1S/C13H11FN2O3/c14-8-2-1-7-5-11(15-10(7)6-8)12(17)16-9-3-4-19-13(9)18/h1-2,5-6,9,15H,3-4H2,(H,16,17). The second-order valence-electron chi connectivity index (χ2n) is 4.40. The van der Waals surface area contributed by atoms with Crippen LogP contribution in [0.15, 0.2) is 24.3 Å². The maximum absolute atomic E-state index is 13.0. The lowest BCUT2D eigenvalue weighted by Crippen LogP contribution is -2.38. The molecule has 1 aliphatic heterocycles. The molecular formula is C13H11FN2O3. The number of H-pyrrole nitrogens is 1. The summed E-state index contributed by atoms with van der Waals surface area (Å²) < 4.78 is 17.8. The first-order valence-corrected chi connectivity index (χ1v) is 5.89. The number of esters is 1. The van der Waals surface area contributed by atoms with Crippen LogP contribution in [0.5, 0.6) is 0 Å². The van der Waals surface area contributed by atoms with Crippen LogP contribution in [0.1, 0.15) is 16.9 Å². The van der Waals surface area contributed by atoms with Gasteiger partial charge >= 0.3 is 5.97 Å². The van der Waals surface area contributed by atoms with Gasteiger partial charge in [-0.05, 0) is 24.3 Å². The Bertz CT molecular complexity index is 665. The molecule has 0 bridgehead atoms. The highest BCUT2D eigenvalue weighted by molar-refractivity contribution is 5.99. The summed E-state index contributed by atoms with van der Waals surface area (Å²) in [7, 11) is 0. The quantitative estimate of drug-likeness (QED) is 0.802.